The fourth-order valence-corrected chi connectivity index (χ4v) is 6.29. The molecule has 0 radical (unpaired) electrons. The third-order valence-electron chi connectivity index (χ3n) is 7.49. The van der Waals surface area contributed by atoms with Crippen molar-refractivity contribution in [2.24, 2.45) is 4.99 Å². The first-order chi connectivity index (χ1) is 22.9. The Hall–Kier alpha value is -5.81. The molecule has 4 aromatic carbocycles. The largest absolute Gasteiger partial charge is 0.497 e. The van der Waals surface area contributed by atoms with Gasteiger partial charge >= 0.3 is 5.97 Å². The van der Waals surface area contributed by atoms with Crippen LogP contribution in [-0.2, 0) is 16.1 Å². The summed E-state index contributed by atoms with van der Waals surface area (Å²) >= 11 is 1.23. The zero-order valence-electron chi connectivity index (χ0n) is 25.5. The average Bonchev–Trinajstić information content (AvgIpc) is 3.41. The minimum Gasteiger partial charge on any atom is -0.497 e. The van der Waals surface area contributed by atoms with Crippen molar-refractivity contribution >= 4 is 34.8 Å². The van der Waals surface area contributed by atoms with E-state index < -0.39 is 16.9 Å². The normalized spacial score (nSPS) is 14.3. The van der Waals surface area contributed by atoms with Crippen LogP contribution in [0.5, 0.6) is 11.5 Å². The van der Waals surface area contributed by atoms with Crippen LogP contribution in [0.3, 0.4) is 0 Å². The Labute approximate surface area is 273 Å². The van der Waals surface area contributed by atoms with Crippen molar-refractivity contribution in [3.63, 3.8) is 0 Å². The van der Waals surface area contributed by atoms with Crippen LogP contribution in [0.25, 0.3) is 11.8 Å². The first kappa shape index (κ1) is 31.2. The van der Waals surface area contributed by atoms with Gasteiger partial charge in [-0.3, -0.25) is 19.5 Å². The van der Waals surface area contributed by atoms with Gasteiger partial charge in [-0.25, -0.2) is 9.79 Å². The Kier molecular flexibility index (Phi) is 9.07. The molecule has 1 aromatic heterocycles. The molecule has 1 atom stereocenters. The van der Waals surface area contributed by atoms with Crippen molar-refractivity contribution in [1.29, 1.82) is 0 Å². The summed E-state index contributed by atoms with van der Waals surface area (Å²) in [5.74, 6) is 0.585. The van der Waals surface area contributed by atoms with Gasteiger partial charge in [0.1, 0.15) is 18.1 Å². The van der Waals surface area contributed by atoms with Gasteiger partial charge in [-0.15, -0.1) is 0 Å². The molecule has 0 fully saturated rings. The number of hydrogen-bond acceptors (Lipinski definition) is 9. The highest BCUT2D eigenvalue weighted by Crippen LogP contribution is 2.36. The molecular formula is C36H29N3O7S. The molecule has 2 heterocycles. The number of carbonyl (C=O) groups excluding carboxylic acids is 1. The maximum Gasteiger partial charge on any atom is 0.338 e. The van der Waals surface area contributed by atoms with E-state index in [1.165, 1.54) is 23.5 Å². The lowest BCUT2D eigenvalue weighted by Gasteiger charge is -2.26. The predicted octanol–water partition coefficient (Wildman–Crippen LogP) is 5.43. The van der Waals surface area contributed by atoms with Gasteiger partial charge in [0.15, 0.2) is 4.80 Å². The van der Waals surface area contributed by atoms with Crippen LogP contribution in [0, 0.1) is 10.1 Å². The van der Waals surface area contributed by atoms with Crippen LogP contribution in [0.15, 0.2) is 118 Å². The van der Waals surface area contributed by atoms with Crippen LogP contribution >= 0.6 is 11.3 Å². The third kappa shape index (κ3) is 6.61. The molecule has 5 aromatic rings. The van der Waals surface area contributed by atoms with E-state index in [0.717, 1.165) is 16.7 Å². The van der Waals surface area contributed by atoms with Gasteiger partial charge in [0.2, 0.25) is 0 Å². The first-order valence-corrected chi connectivity index (χ1v) is 15.6. The number of fused-ring (bicyclic) bond motifs is 1. The minimum atomic E-state index is -0.825. The standard InChI is InChI=1S/C36H29N3O7S/c1-3-45-35(41)31-32(25-10-5-4-6-11-25)37-36-38(33(31)26-12-8-13-28(21-26)44-2)34(40)30(47-36)20-24-9-7-14-29(19-24)46-22-23-15-17-27(18-16-23)39(42)43/h4-21,33H,3,22H2,1-2H3/b30-20-/t33-/m0/s1. The summed E-state index contributed by atoms with van der Waals surface area (Å²) in [6.45, 7) is 2.10. The van der Waals surface area contributed by atoms with Gasteiger partial charge in [-0.1, -0.05) is 65.9 Å². The second-order valence-corrected chi connectivity index (χ2v) is 11.5. The Morgan fingerprint density at radius 3 is 2.45 bits per heavy atom. The first-order valence-electron chi connectivity index (χ1n) is 14.7. The van der Waals surface area contributed by atoms with E-state index in [-0.39, 0.29) is 30.0 Å². The molecular weight excluding hydrogens is 618 g/mol. The maximum absolute atomic E-state index is 14.2. The van der Waals surface area contributed by atoms with Crippen molar-refractivity contribution in [2.45, 2.75) is 19.6 Å². The second-order valence-electron chi connectivity index (χ2n) is 10.5. The Morgan fingerprint density at radius 2 is 1.72 bits per heavy atom. The molecule has 47 heavy (non-hydrogen) atoms. The number of nitro groups is 1. The SMILES string of the molecule is CCOC(=O)C1=C(c2ccccc2)N=c2s/c(=C\c3cccc(OCc4ccc([N+](=O)[O-])cc4)c3)c(=O)n2[C@H]1c1cccc(OC)c1. The minimum absolute atomic E-state index is 0.0103. The predicted molar refractivity (Wildman–Crippen MR) is 178 cm³/mol. The van der Waals surface area contributed by atoms with Gasteiger partial charge in [-0.05, 0) is 66.1 Å². The Bertz CT molecular complexity index is 2170. The molecule has 0 unspecified atom stereocenters. The summed E-state index contributed by atoms with van der Waals surface area (Å²) in [6.07, 6.45) is 1.77. The molecule has 0 amide bonds. The summed E-state index contributed by atoms with van der Waals surface area (Å²) in [4.78, 5) is 43.7. The van der Waals surface area contributed by atoms with E-state index in [0.29, 0.717) is 32.1 Å². The van der Waals surface area contributed by atoms with Crippen molar-refractivity contribution in [3.05, 3.63) is 161 Å². The number of nitrogens with zero attached hydrogens (tertiary/aromatic N) is 3. The zero-order chi connectivity index (χ0) is 32.9. The quantitative estimate of drug-likeness (QED) is 0.113. The van der Waals surface area contributed by atoms with Gasteiger partial charge in [-0.2, -0.15) is 0 Å². The lowest BCUT2D eigenvalue weighted by molar-refractivity contribution is -0.384. The van der Waals surface area contributed by atoms with Crippen LogP contribution in [0.1, 0.15) is 35.2 Å². The monoisotopic (exact) mass is 647 g/mol. The lowest BCUT2D eigenvalue weighted by Crippen LogP contribution is -2.40. The molecule has 0 saturated heterocycles. The molecule has 0 N–H and O–H groups in total. The van der Waals surface area contributed by atoms with Crippen molar-refractivity contribution < 1.29 is 23.9 Å². The van der Waals surface area contributed by atoms with Crippen LogP contribution in [0.2, 0.25) is 0 Å². The molecule has 0 aliphatic carbocycles. The van der Waals surface area contributed by atoms with E-state index in [4.69, 9.17) is 19.2 Å². The Balaban J connectivity index is 1.44. The number of nitro benzene ring substituents is 1. The molecule has 1 aliphatic heterocycles. The Morgan fingerprint density at radius 1 is 0.979 bits per heavy atom. The molecule has 1 aliphatic rings. The van der Waals surface area contributed by atoms with E-state index in [2.05, 4.69) is 0 Å². The zero-order valence-corrected chi connectivity index (χ0v) is 26.3. The summed E-state index contributed by atoms with van der Waals surface area (Å²) < 4.78 is 18.9. The molecule has 236 valence electrons. The number of esters is 1. The molecule has 10 nitrogen and oxygen atoms in total. The molecule has 11 heteroatoms. The van der Waals surface area contributed by atoms with Crippen LogP contribution in [0.4, 0.5) is 5.69 Å². The third-order valence-corrected chi connectivity index (χ3v) is 8.47. The van der Waals surface area contributed by atoms with Crippen LogP contribution < -0.4 is 24.4 Å². The smallest absolute Gasteiger partial charge is 0.338 e. The van der Waals surface area contributed by atoms with E-state index in [1.807, 2.05) is 60.7 Å². The number of non-ortho nitro benzene ring substituents is 1. The highest BCUT2D eigenvalue weighted by molar-refractivity contribution is 7.07. The second kappa shape index (κ2) is 13.7. The fraction of sp³-hybridized carbons (Fsp3) is 0.139. The highest BCUT2D eigenvalue weighted by atomic mass is 32.1. The number of carbonyl (C=O) groups is 1. The van der Waals surface area contributed by atoms with E-state index in [9.17, 15) is 19.7 Å². The number of aromatic nitrogens is 1. The summed E-state index contributed by atoms with van der Waals surface area (Å²) in [5.41, 5.74) is 3.28. The molecule has 0 bridgehead atoms. The lowest BCUT2D eigenvalue weighted by atomic mass is 9.93. The number of benzene rings is 4. The molecule has 0 saturated carbocycles. The van der Waals surface area contributed by atoms with Crippen molar-refractivity contribution in [3.8, 4) is 11.5 Å². The maximum atomic E-state index is 14.2. The molecule has 6 rings (SSSR count). The molecule has 0 spiro atoms. The number of thiazole rings is 1. The van der Waals surface area contributed by atoms with Gasteiger partial charge in [0, 0.05) is 17.7 Å². The highest BCUT2D eigenvalue weighted by Gasteiger charge is 2.35. The summed E-state index contributed by atoms with van der Waals surface area (Å²) in [6, 6.07) is 29.3. The fourth-order valence-electron chi connectivity index (χ4n) is 5.29. The topological polar surface area (TPSA) is 122 Å². The van der Waals surface area contributed by atoms with Crippen molar-refractivity contribution in [2.75, 3.05) is 13.7 Å². The number of ether oxygens (including phenoxy) is 3. The number of rotatable bonds is 10. The number of hydrogen-bond donors (Lipinski definition) is 0. The summed E-state index contributed by atoms with van der Waals surface area (Å²) in [5, 5.41) is 11.0. The van der Waals surface area contributed by atoms with Gasteiger partial charge < -0.3 is 14.2 Å². The van der Waals surface area contributed by atoms with Crippen LogP contribution in [-0.4, -0.2) is 29.2 Å². The van der Waals surface area contributed by atoms with Crippen molar-refractivity contribution in [1.82, 2.24) is 4.57 Å². The van der Waals surface area contributed by atoms with Gasteiger partial charge in [0.05, 0.1) is 40.5 Å². The number of methoxy groups -OCH3 is 1. The van der Waals surface area contributed by atoms with Gasteiger partial charge in [0.25, 0.3) is 11.2 Å². The average molecular weight is 648 g/mol. The van der Waals surface area contributed by atoms with E-state index in [1.54, 1.807) is 55.0 Å². The summed E-state index contributed by atoms with van der Waals surface area (Å²) in [7, 11) is 1.56. The van der Waals surface area contributed by atoms with E-state index >= 15 is 0 Å².